The van der Waals surface area contributed by atoms with E-state index in [9.17, 15) is 22.8 Å². The second kappa shape index (κ2) is 10.2. The van der Waals surface area contributed by atoms with Gasteiger partial charge in [-0.25, -0.2) is 4.79 Å². The summed E-state index contributed by atoms with van der Waals surface area (Å²) in [6.07, 6.45) is -4.55. The summed E-state index contributed by atoms with van der Waals surface area (Å²) in [5, 5.41) is 5.40. The first-order chi connectivity index (χ1) is 15.6. The lowest BCUT2D eigenvalue weighted by Crippen LogP contribution is -2.41. The molecule has 0 spiro atoms. The molecule has 0 atom stereocenters. The minimum Gasteiger partial charge on any atom is -0.350 e. The quantitative estimate of drug-likeness (QED) is 0.494. The van der Waals surface area contributed by atoms with Gasteiger partial charge in [0.1, 0.15) is 0 Å². The Hall–Kier alpha value is -3.81. The normalized spacial score (nSPS) is 11.1. The van der Waals surface area contributed by atoms with Crippen LogP contribution in [0, 0.1) is 13.8 Å². The topological polar surface area (TPSA) is 61.4 Å². The Labute approximate surface area is 190 Å². The monoisotopic (exact) mass is 455 g/mol. The van der Waals surface area contributed by atoms with Crippen LogP contribution >= 0.6 is 0 Å². The van der Waals surface area contributed by atoms with Gasteiger partial charge in [-0.3, -0.25) is 9.69 Å². The van der Waals surface area contributed by atoms with Gasteiger partial charge in [0.15, 0.2) is 0 Å². The molecule has 0 heterocycles. The number of rotatable bonds is 6. The second-order valence-electron chi connectivity index (χ2n) is 7.62. The Morgan fingerprint density at radius 1 is 0.879 bits per heavy atom. The highest BCUT2D eigenvalue weighted by molar-refractivity contribution is 6.02. The molecule has 0 saturated heterocycles. The van der Waals surface area contributed by atoms with Gasteiger partial charge in [0.05, 0.1) is 5.56 Å². The molecule has 0 bridgehead atoms. The van der Waals surface area contributed by atoms with Crippen molar-refractivity contribution in [3.8, 4) is 0 Å². The van der Waals surface area contributed by atoms with E-state index in [4.69, 9.17) is 0 Å². The second-order valence-corrected chi connectivity index (χ2v) is 7.62. The molecule has 0 unspecified atom stereocenters. The molecule has 5 nitrogen and oxygen atoms in total. The van der Waals surface area contributed by atoms with Crippen molar-refractivity contribution in [1.29, 1.82) is 0 Å². The smallest absolute Gasteiger partial charge is 0.350 e. The zero-order chi connectivity index (χ0) is 24.0. The Morgan fingerprint density at radius 2 is 1.48 bits per heavy atom. The molecule has 3 aromatic rings. The van der Waals surface area contributed by atoms with Crippen LogP contribution in [0.2, 0.25) is 0 Å². The van der Waals surface area contributed by atoms with Crippen LogP contribution in [0.5, 0.6) is 0 Å². The fourth-order valence-corrected chi connectivity index (χ4v) is 3.11. The molecule has 2 N–H and O–H groups in total. The van der Waals surface area contributed by atoms with Crippen LogP contribution in [-0.4, -0.2) is 25.0 Å². The Bertz CT molecular complexity index is 1110. The summed E-state index contributed by atoms with van der Waals surface area (Å²) in [7, 11) is 0. The first-order valence-corrected chi connectivity index (χ1v) is 10.3. The zero-order valence-electron chi connectivity index (χ0n) is 18.2. The van der Waals surface area contributed by atoms with Crippen LogP contribution in [-0.2, 0) is 6.18 Å². The highest BCUT2D eigenvalue weighted by Crippen LogP contribution is 2.31. The lowest BCUT2D eigenvalue weighted by atomic mass is 10.1. The molecule has 0 saturated carbocycles. The summed E-state index contributed by atoms with van der Waals surface area (Å²) in [5.41, 5.74) is 2.18. The molecule has 3 amide bonds. The van der Waals surface area contributed by atoms with E-state index in [1.807, 2.05) is 26.0 Å². The molecule has 0 aliphatic heterocycles. The molecule has 3 aromatic carbocycles. The van der Waals surface area contributed by atoms with E-state index >= 15 is 0 Å². The molecular formula is C25H24F3N3O2. The number of aryl methyl sites for hydroxylation is 2. The van der Waals surface area contributed by atoms with Crippen molar-refractivity contribution < 1.29 is 22.8 Å². The average Bonchev–Trinajstić information content (AvgIpc) is 2.78. The minimum atomic E-state index is -4.55. The van der Waals surface area contributed by atoms with Crippen molar-refractivity contribution in [3.63, 3.8) is 0 Å². The molecule has 3 rings (SSSR count). The van der Waals surface area contributed by atoms with E-state index in [1.165, 1.54) is 17.0 Å². The fourth-order valence-electron chi connectivity index (χ4n) is 3.11. The molecule has 0 aromatic heterocycles. The van der Waals surface area contributed by atoms with Gasteiger partial charge >= 0.3 is 12.2 Å². The Kier molecular flexibility index (Phi) is 7.37. The molecule has 33 heavy (non-hydrogen) atoms. The summed E-state index contributed by atoms with van der Waals surface area (Å²) in [6, 6.07) is 17.9. The number of anilines is 2. The predicted molar refractivity (Wildman–Crippen MR) is 122 cm³/mol. The molecular weight excluding hydrogens is 431 g/mol. The number of carbonyl (C=O) groups excluding carboxylic acids is 2. The molecule has 0 fully saturated rings. The maximum atomic E-state index is 13.2. The number of nitrogens with zero attached hydrogens (tertiary/aromatic N) is 1. The van der Waals surface area contributed by atoms with Crippen LogP contribution in [0.3, 0.4) is 0 Å². The maximum absolute atomic E-state index is 13.2. The van der Waals surface area contributed by atoms with E-state index in [-0.39, 0.29) is 24.7 Å². The summed E-state index contributed by atoms with van der Waals surface area (Å²) >= 11 is 0. The van der Waals surface area contributed by atoms with Crippen molar-refractivity contribution >= 4 is 23.3 Å². The molecule has 0 aliphatic carbocycles. The third-order valence-corrected chi connectivity index (χ3v) is 4.97. The third-order valence-electron chi connectivity index (χ3n) is 4.97. The standard InChI is InChI=1S/C25H24F3N3O2/c1-17-6-10-19(11-7-17)23(32)29-14-15-31(22-5-3-4-20(16-22)25(26,27)28)24(33)30-21-12-8-18(2)9-13-21/h3-13,16H,14-15H2,1-2H3,(H,29,32)(H,30,33). The van der Waals surface area contributed by atoms with Gasteiger partial charge in [-0.15, -0.1) is 0 Å². The highest BCUT2D eigenvalue weighted by atomic mass is 19.4. The molecule has 8 heteroatoms. The maximum Gasteiger partial charge on any atom is 0.416 e. The average molecular weight is 455 g/mol. The van der Waals surface area contributed by atoms with Crippen molar-refractivity contribution in [2.45, 2.75) is 20.0 Å². The van der Waals surface area contributed by atoms with E-state index in [2.05, 4.69) is 10.6 Å². The van der Waals surface area contributed by atoms with E-state index < -0.39 is 17.8 Å². The first kappa shape index (κ1) is 23.8. The largest absolute Gasteiger partial charge is 0.416 e. The number of nitrogens with one attached hydrogen (secondary N) is 2. The number of urea groups is 1. The van der Waals surface area contributed by atoms with Crippen molar-refractivity contribution in [2.75, 3.05) is 23.3 Å². The first-order valence-electron chi connectivity index (χ1n) is 10.3. The number of carbonyl (C=O) groups is 2. The lowest BCUT2D eigenvalue weighted by Gasteiger charge is -2.24. The van der Waals surface area contributed by atoms with Gasteiger partial charge in [-0.2, -0.15) is 13.2 Å². The van der Waals surface area contributed by atoms with Crippen LogP contribution < -0.4 is 15.5 Å². The molecule has 0 radical (unpaired) electrons. The van der Waals surface area contributed by atoms with Crippen molar-refractivity contribution in [3.05, 3.63) is 95.1 Å². The van der Waals surface area contributed by atoms with Gasteiger partial charge in [-0.1, -0.05) is 41.5 Å². The van der Waals surface area contributed by atoms with Gasteiger partial charge in [0.25, 0.3) is 5.91 Å². The van der Waals surface area contributed by atoms with Crippen LogP contribution in [0.15, 0.2) is 72.8 Å². The summed E-state index contributed by atoms with van der Waals surface area (Å²) in [4.78, 5) is 26.5. The van der Waals surface area contributed by atoms with Gasteiger partial charge < -0.3 is 10.6 Å². The van der Waals surface area contributed by atoms with Gasteiger partial charge in [0, 0.05) is 30.0 Å². The summed E-state index contributed by atoms with van der Waals surface area (Å²) in [5.74, 6) is -0.335. The Morgan fingerprint density at radius 3 is 2.09 bits per heavy atom. The van der Waals surface area contributed by atoms with Crippen LogP contribution in [0.4, 0.5) is 29.3 Å². The van der Waals surface area contributed by atoms with E-state index in [0.29, 0.717) is 11.3 Å². The molecule has 0 aliphatic rings. The SMILES string of the molecule is Cc1ccc(NC(=O)N(CCNC(=O)c2ccc(C)cc2)c2cccc(C(F)(F)F)c2)cc1. The predicted octanol–water partition coefficient (Wildman–Crippen LogP) is 5.79. The summed E-state index contributed by atoms with van der Waals surface area (Å²) in [6.45, 7) is 3.82. The van der Waals surface area contributed by atoms with E-state index in [1.54, 1.807) is 36.4 Å². The summed E-state index contributed by atoms with van der Waals surface area (Å²) < 4.78 is 39.6. The number of alkyl halides is 3. The number of halogens is 3. The number of amides is 3. The number of hydrogen-bond acceptors (Lipinski definition) is 2. The van der Waals surface area contributed by atoms with Crippen molar-refractivity contribution in [2.24, 2.45) is 0 Å². The van der Waals surface area contributed by atoms with Crippen LogP contribution in [0.25, 0.3) is 0 Å². The van der Waals surface area contributed by atoms with Crippen LogP contribution in [0.1, 0.15) is 27.0 Å². The minimum absolute atomic E-state index is 0.0311. The third kappa shape index (κ3) is 6.58. The lowest BCUT2D eigenvalue weighted by molar-refractivity contribution is -0.137. The highest BCUT2D eigenvalue weighted by Gasteiger charge is 2.31. The number of hydrogen-bond donors (Lipinski definition) is 2. The number of benzene rings is 3. The van der Waals surface area contributed by atoms with Gasteiger partial charge in [0.2, 0.25) is 0 Å². The molecule has 172 valence electrons. The Balaban J connectivity index is 1.77. The van der Waals surface area contributed by atoms with Crippen molar-refractivity contribution in [1.82, 2.24) is 5.32 Å². The fraction of sp³-hybridized carbons (Fsp3) is 0.200. The van der Waals surface area contributed by atoms with Gasteiger partial charge in [-0.05, 0) is 56.3 Å². The zero-order valence-corrected chi connectivity index (χ0v) is 18.2. The van der Waals surface area contributed by atoms with E-state index in [0.717, 1.165) is 23.3 Å².